The van der Waals surface area contributed by atoms with Crippen molar-refractivity contribution in [2.24, 2.45) is 0 Å². The van der Waals surface area contributed by atoms with Gasteiger partial charge in [0.2, 0.25) is 15.9 Å². The van der Waals surface area contributed by atoms with Crippen LogP contribution in [0.15, 0.2) is 65.8 Å². The molecule has 2 amide bonds. The first-order valence-corrected chi connectivity index (χ1v) is 11.0. The van der Waals surface area contributed by atoms with Gasteiger partial charge in [-0.25, -0.2) is 8.42 Å². The monoisotopic (exact) mass is 440 g/mol. The van der Waals surface area contributed by atoms with E-state index in [2.05, 4.69) is 20.7 Å². The summed E-state index contributed by atoms with van der Waals surface area (Å²) in [4.78, 5) is 28.4. The van der Waals surface area contributed by atoms with Gasteiger partial charge in [0, 0.05) is 37.1 Å². The third-order valence-corrected chi connectivity index (χ3v) is 6.51. The number of hydrogen-bond acceptors (Lipinski definition) is 6. The van der Waals surface area contributed by atoms with Crippen molar-refractivity contribution >= 4 is 27.7 Å². The maximum Gasteiger partial charge on any atom is 0.256 e. The van der Waals surface area contributed by atoms with Crippen LogP contribution in [0.1, 0.15) is 16.1 Å². The van der Waals surface area contributed by atoms with Crippen molar-refractivity contribution in [1.29, 1.82) is 0 Å². The van der Waals surface area contributed by atoms with Crippen LogP contribution >= 0.6 is 0 Å². The highest BCUT2D eigenvalue weighted by Crippen LogP contribution is 2.18. The number of piperazine rings is 1. The number of anilines is 1. The lowest BCUT2D eigenvalue weighted by molar-refractivity contribution is -0.122. The van der Waals surface area contributed by atoms with Gasteiger partial charge in [0.25, 0.3) is 5.91 Å². The summed E-state index contributed by atoms with van der Waals surface area (Å²) in [6.45, 7) is 0.637. The van der Waals surface area contributed by atoms with E-state index in [9.17, 15) is 18.0 Å². The molecule has 3 aromatic rings. The SMILES string of the molecule is O=C1CN(S(=O)(=O)c2cccc(C(=O)Nc3ccn(Cc4ccccn4)n3)c2)CCN1. The molecule has 31 heavy (non-hydrogen) atoms. The molecule has 160 valence electrons. The van der Waals surface area contributed by atoms with Crippen LogP contribution in [0, 0.1) is 0 Å². The van der Waals surface area contributed by atoms with Gasteiger partial charge < -0.3 is 10.6 Å². The number of rotatable bonds is 6. The minimum atomic E-state index is -3.89. The highest BCUT2D eigenvalue weighted by molar-refractivity contribution is 7.89. The molecule has 2 N–H and O–H groups in total. The fourth-order valence-electron chi connectivity index (χ4n) is 3.13. The molecule has 0 unspecified atom stereocenters. The standard InChI is InChI=1S/C20H20N6O4S/c27-19-14-26(11-9-22-19)31(29,30)17-6-3-4-15(12-17)20(28)23-18-7-10-25(24-18)13-16-5-1-2-8-21-16/h1-8,10,12H,9,11,13-14H2,(H,22,27)(H,23,24,28). The molecule has 11 heteroatoms. The summed E-state index contributed by atoms with van der Waals surface area (Å²) < 4.78 is 28.4. The van der Waals surface area contributed by atoms with Crippen LogP contribution in [0.4, 0.5) is 5.82 Å². The van der Waals surface area contributed by atoms with E-state index in [0.717, 1.165) is 10.00 Å². The highest BCUT2D eigenvalue weighted by atomic mass is 32.2. The number of benzene rings is 1. The molecule has 1 aromatic carbocycles. The molecule has 0 radical (unpaired) electrons. The Labute approximate surface area is 178 Å². The second-order valence-electron chi connectivity index (χ2n) is 6.89. The molecule has 1 aliphatic rings. The molecule has 1 fully saturated rings. The van der Waals surface area contributed by atoms with Crippen molar-refractivity contribution in [2.75, 3.05) is 25.0 Å². The van der Waals surface area contributed by atoms with Crippen molar-refractivity contribution in [3.05, 3.63) is 72.2 Å². The first-order valence-electron chi connectivity index (χ1n) is 9.53. The quantitative estimate of drug-likeness (QED) is 0.581. The van der Waals surface area contributed by atoms with Crippen molar-refractivity contribution in [2.45, 2.75) is 11.4 Å². The maximum atomic E-state index is 12.8. The second-order valence-corrected chi connectivity index (χ2v) is 8.83. The smallest absolute Gasteiger partial charge is 0.256 e. The Kier molecular flexibility index (Phi) is 5.78. The molecular weight excluding hydrogens is 420 g/mol. The van der Waals surface area contributed by atoms with Crippen LogP contribution < -0.4 is 10.6 Å². The summed E-state index contributed by atoms with van der Waals surface area (Å²) in [6, 6.07) is 12.9. The van der Waals surface area contributed by atoms with E-state index in [1.807, 2.05) is 18.2 Å². The summed E-state index contributed by atoms with van der Waals surface area (Å²) >= 11 is 0. The molecule has 2 aromatic heterocycles. The van der Waals surface area contributed by atoms with Crippen molar-refractivity contribution in [3.8, 4) is 0 Å². The van der Waals surface area contributed by atoms with E-state index in [-0.39, 0.29) is 36.0 Å². The number of sulfonamides is 1. The van der Waals surface area contributed by atoms with Gasteiger partial charge in [0.05, 0.1) is 23.7 Å². The molecule has 3 heterocycles. The topological polar surface area (TPSA) is 126 Å². The summed E-state index contributed by atoms with van der Waals surface area (Å²) in [6.07, 6.45) is 3.41. The molecule has 0 atom stereocenters. The lowest BCUT2D eigenvalue weighted by atomic mass is 10.2. The zero-order valence-electron chi connectivity index (χ0n) is 16.4. The number of nitrogens with zero attached hydrogens (tertiary/aromatic N) is 4. The summed E-state index contributed by atoms with van der Waals surface area (Å²) in [5, 5.41) is 9.55. The van der Waals surface area contributed by atoms with Crippen LogP contribution in [-0.2, 0) is 21.4 Å². The fourth-order valence-corrected chi connectivity index (χ4v) is 4.57. The minimum absolute atomic E-state index is 0.0458. The van der Waals surface area contributed by atoms with E-state index in [4.69, 9.17) is 0 Å². The summed E-state index contributed by atoms with van der Waals surface area (Å²) in [5.74, 6) is -0.511. The maximum absolute atomic E-state index is 12.8. The van der Waals surface area contributed by atoms with Crippen LogP contribution in [0.5, 0.6) is 0 Å². The van der Waals surface area contributed by atoms with Crippen LogP contribution in [-0.4, -0.2) is 58.9 Å². The number of hydrogen-bond donors (Lipinski definition) is 2. The highest BCUT2D eigenvalue weighted by Gasteiger charge is 2.29. The first-order chi connectivity index (χ1) is 14.9. The predicted molar refractivity (Wildman–Crippen MR) is 112 cm³/mol. The summed E-state index contributed by atoms with van der Waals surface area (Å²) in [7, 11) is -3.89. The van der Waals surface area contributed by atoms with Crippen LogP contribution in [0.2, 0.25) is 0 Å². The van der Waals surface area contributed by atoms with E-state index in [0.29, 0.717) is 12.4 Å². The Morgan fingerprint density at radius 2 is 2.03 bits per heavy atom. The largest absolute Gasteiger partial charge is 0.354 e. The number of nitrogens with one attached hydrogen (secondary N) is 2. The van der Waals surface area contributed by atoms with Gasteiger partial charge in [0.1, 0.15) is 0 Å². The van der Waals surface area contributed by atoms with Gasteiger partial charge in [-0.05, 0) is 30.3 Å². The van der Waals surface area contributed by atoms with E-state index in [1.165, 1.54) is 24.3 Å². The van der Waals surface area contributed by atoms with Gasteiger partial charge in [0.15, 0.2) is 5.82 Å². The Bertz CT molecular complexity index is 1210. The molecule has 10 nitrogen and oxygen atoms in total. The average Bonchev–Trinajstić information content (AvgIpc) is 3.21. The zero-order chi connectivity index (χ0) is 21.8. The van der Waals surface area contributed by atoms with E-state index < -0.39 is 15.9 Å². The lowest BCUT2D eigenvalue weighted by Crippen LogP contribution is -2.49. The van der Waals surface area contributed by atoms with Crippen molar-refractivity contribution in [3.63, 3.8) is 0 Å². The first kappa shape index (κ1) is 20.7. The van der Waals surface area contributed by atoms with Gasteiger partial charge >= 0.3 is 0 Å². The van der Waals surface area contributed by atoms with Crippen LogP contribution in [0.3, 0.4) is 0 Å². The average molecular weight is 440 g/mol. The number of aromatic nitrogens is 3. The normalized spacial score (nSPS) is 14.8. The second kappa shape index (κ2) is 8.66. The molecule has 0 spiro atoms. The summed E-state index contributed by atoms with van der Waals surface area (Å²) in [5.41, 5.74) is 0.995. The molecule has 0 saturated carbocycles. The third kappa shape index (κ3) is 4.78. The van der Waals surface area contributed by atoms with Gasteiger partial charge in [-0.1, -0.05) is 12.1 Å². The Morgan fingerprint density at radius 3 is 2.81 bits per heavy atom. The van der Waals surface area contributed by atoms with E-state index in [1.54, 1.807) is 23.1 Å². The van der Waals surface area contributed by atoms with E-state index >= 15 is 0 Å². The minimum Gasteiger partial charge on any atom is -0.354 e. The Hall–Kier alpha value is -3.57. The molecule has 0 bridgehead atoms. The van der Waals surface area contributed by atoms with Gasteiger partial charge in [-0.15, -0.1) is 0 Å². The predicted octanol–water partition coefficient (Wildman–Crippen LogP) is 0.699. The molecular formula is C20H20N6O4S. The van der Waals surface area contributed by atoms with Crippen molar-refractivity contribution in [1.82, 2.24) is 24.4 Å². The van der Waals surface area contributed by atoms with Gasteiger partial charge in [-0.3, -0.25) is 19.3 Å². The Morgan fingerprint density at radius 1 is 1.16 bits per heavy atom. The number of carbonyl (C=O) groups is 2. The van der Waals surface area contributed by atoms with Crippen LogP contribution in [0.25, 0.3) is 0 Å². The van der Waals surface area contributed by atoms with Crippen molar-refractivity contribution < 1.29 is 18.0 Å². The van der Waals surface area contributed by atoms with Gasteiger partial charge in [-0.2, -0.15) is 9.40 Å². The molecule has 1 saturated heterocycles. The number of amides is 2. The number of carbonyl (C=O) groups excluding carboxylic acids is 2. The molecule has 1 aliphatic heterocycles. The fraction of sp³-hybridized carbons (Fsp3) is 0.200. The lowest BCUT2D eigenvalue weighted by Gasteiger charge is -2.26. The molecule has 4 rings (SSSR count). The zero-order valence-corrected chi connectivity index (χ0v) is 17.2. The molecule has 0 aliphatic carbocycles. The Balaban J connectivity index is 1.47. The number of pyridine rings is 1. The third-order valence-electron chi connectivity index (χ3n) is 4.67.